The van der Waals surface area contributed by atoms with Crippen molar-refractivity contribution in [1.29, 1.82) is 0 Å². The topological polar surface area (TPSA) is 32.3 Å². The van der Waals surface area contributed by atoms with Crippen LogP contribution in [0.25, 0.3) is 0 Å². The number of hydrogen-bond acceptors (Lipinski definition) is 2. The summed E-state index contributed by atoms with van der Waals surface area (Å²) in [6.07, 6.45) is 12.3. The summed E-state index contributed by atoms with van der Waals surface area (Å²) in [5.74, 6) is 0.758. The zero-order chi connectivity index (χ0) is 14.2. The summed E-state index contributed by atoms with van der Waals surface area (Å²) in [6.45, 7) is 5.18. The van der Waals surface area contributed by atoms with Crippen molar-refractivity contribution in [2.45, 2.75) is 77.2 Å². The molecule has 3 heteroatoms. The first-order valence-corrected chi connectivity index (χ1v) is 8.83. The highest BCUT2D eigenvalue weighted by molar-refractivity contribution is 5.78. The molecule has 3 nitrogen and oxygen atoms in total. The van der Waals surface area contributed by atoms with E-state index >= 15 is 0 Å². The fourth-order valence-electron chi connectivity index (χ4n) is 3.69. The lowest BCUT2D eigenvalue weighted by Gasteiger charge is -2.32. The van der Waals surface area contributed by atoms with Gasteiger partial charge in [0, 0.05) is 25.0 Å². The largest absolute Gasteiger partial charge is 0.341 e. The number of rotatable bonds is 5. The molecule has 2 fully saturated rings. The van der Waals surface area contributed by atoms with Crippen LogP contribution in [0, 0.1) is 5.92 Å². The van der Waals surface area contributed by atoms with E-state index in [-0.39, 0.29) is 0 Å². The Kier molecular flexibility index (Phi) is 6.85. The zero-order valence-corrected chi connectivity index (χ0v) is 13.2. The fraction of sp³-hybridized carbons (Fsp3) is 0.941. The van der Waals surface area contributed by atoms with Crippen LogP contribution in [-0.2, 0) is 4.79 Å². The monoisotopic (exact) mass is 280 g/mol. The summed E-state index contributed by atoms with van der Waals surface area (Å²) in [5, 5.41) is 3.58. The Hall–Kier alpha value is -0.570. The predicted octanol–water partition coefficient (Wildman–Crippen LogP) is 3.34. The third-order valence-corrected chi connectivity index (χ3v) is 4.86. The normalized spacial score (nSPS) is 25.1. The number of carbonyl (C=O) groups is 1. The van der Waals surface area contributed by atoms with Gasteiger partial charge in [-0.15, -0.1) is 0 Å². The van der Waals surface area contributed by atoms with Crippen molar-refractivity contribution >= 4 is 5.91 Å². The summed E-state index contributed by atoms with van der Waals surface area (Å²) < 4.78 is 0. The molecule has 1 aliphatic heterocycles. The fourth-order valence-corrected chi connectivity index (χ4v) is 3.69. The first-order valence-electron chi connectivity index (χ1n) is 8.83. The van der Waals surface area contributed by atoms with Gasteiger partial charge < -0.3 is 10.2 Å². The molecule has 2 aliphatic rings. The van der Waals surface area contributed by atoms with E-state index in [1.807, 2.05) is 0 Å². The molecule has 0 bridgehead atoms. The average Bonchev–Trinajstić information content (AvgIpc) is 2.76. The van der Waals surface area contributed by atoms with Crippen LogP contribution >= 0.6 is 0 Å². The molecule has 0 spiro atoms. The van der Waals surface area contributed by atoms with Gasteiger partial charge >= 0.3 is 0 Å². The standard InChI is InChI=1S/C17H32N2O/c1-2-13-19(14-16-11-7-8-12-18-16)17(20)15-9-5-3-4-6-10-15/h15-16,18H,2-14H2,1H3. The minimum Gasteiger partial charge on any atom is -0.341 e. The second-order valence-electron chi connectivity index (χ2n) is 6.62. The Balaban J connectivity index is 1.89. The molecule has 0 aromatic carbocycles. The maximum Gasteiger partial charge on any atom is 0.225 e. The molecule has 0 aromatic heterocycles. The summed E-state index contributed by atoms with van der Waals surface area (Å²) in [4.78, 5) is 15.0. The molecule has 1 amide bonds. The molecule has 20 heavy (non-hydrogen) atoms. The van der Waals surface area contributed by atoms with Crippen molar-refractivity contribution in [2.24, 2.45) is 5.92 Å². The lowest BCUT2D eigenvalue weighted by molar-refractivity contribution is -0.136. The minimum atomic E-state index is 0.313. The SMILES string of the molecule is CCCN(CC1CCCCN1)C(=O)C1CCCCCC1. The molecule has 1 aliphatic carbocycles. The van der Waals surface area contributed by atoms with E-state index in [9.17, 15) is 4.79 Å². The number of nitrogens with zero attached hydrogens (tertiary/aromatic N) is 1. The average molecular weight is 280 g/mol. The Labute approximate surface area is 124 Å². The van der Waals surface area contributed by atoms with E-state index in [1.165, 1.54) is 44.9 Å². The molecule has 1 atom stereocenters. The Morgan fingerprint density at radius 2 is 1.75 bits per heavy atom. The van der Waals surface area contributed by atoms with Crippen LogP contribution in [0.1, 0.15) is 71.1 Å². The van der Waals surface area contributed by atoms with E-state index in [1.54, 1.807) is 0 Å². The van der Waals surface area contributed by atoms with Crippen LogP contribution < -0.4 is 5.32 Å². The van der Waals surface area contributed by atoms with Crippen LogP contribution in [0.3, 0.4) is 0 Å². The molecular formula is C17H32N2O. The summed E-state index contributed by atoms with van der Waals surface area (Å²) >= 11 is 0. The highest BCUT2D eigenvalue weighted by Crippen LogP contribution is 2.25. The number of nitrogens with one attached hydrogen (secondary N) is 1. The Morgan fingerprint density at radius 3 is 2.35 bits per heavy atom. The Bertz CT molecular complexity index is 279. The second kappa shape index (κ2) is 8.66. The van der Waals surface area contributed by atoms with Crippen molar-refractivity contribution < 1.29 is 4.79 Å². The number of amides is 1. The smallest absolute Gasteiger partial charge is 0.225 e. The first-order chi connectivity index (χ1) is 9.81. The molecular weight excluding hydrogens is 248 g/mol. The maximum absolute atomic E-state index is 12.8. The van der Waals surface area contributed by atoms with E-state index in [0.717, 1.165) is 38.9 Å². The second-order valence-corrected chi connectivity index (χ2v) is 6.62. The van der Waals surface area contributed by atoms with Crippen LogP contribution in [0.15, 0.2) is 0 Å². The molecule has 1 N–H and O–H groups in total. The lowest BCUT2D eigenvalue weighted by atomic mass is 9.97. The van der Waals surface area contributed by atoms with Gasteiger partial charge in [0.2, 0.25) is 5.91 Å². The third-order valence-electron chi connectivity index (χ3n) is 4.86. The van der Waals surface area contributed by atoms with Crippen LogP contribution in [0.2, 0.25) is 0 Å². The van der Waals surface area contributed by atoms with Crippen LogP contribution in [0.5, 0.6) is 0 Å². The van der Waals surface area contributed by atoms with Crippen molar-refractivity contribution in [3.8, 4) is 0 Å². The molecule has 1 heterocycles. The highest BCUT2D eigenvalue weighted by atomic mass is 16.2. The van der Waals surface area contributed by atoms with E-state index in [2.05, 4.69) is 17.1 Å². The van der Waals surface area contributed by atoms with Gasteiger partial charge in [0.15, 0.2) is 0 Å². The molecule has 0 aromatic rings. The van der Waals surface area contributed by atoms with E-state index in [0.29, 0.717) is 17.9 Å². The Morgan fingerprint density at radius 1 is 1.05 bits per heavy atom. The van der Waals surface area contributed by atoms with Crippen molar-refractivity contribution in [1.82, 2.24) is 10.2 Å². The van der Waals surface area contributed by atoms with Gasteiger partial charge in [0.05, 0.1) is 0 Å². The highest BCUT2D eigenvalue weighted by Gasteiger charge is 2.26. The van der Waals surface area contributed by atoms with Crippen molar-refractivity contribution in [2.75, 3.05) is 19.6 Å². The third kappa shape index (κ3) is 4.76. The zero-order valence-electron chi connectivity index (χ0n) is 13.2. The number of hydrogen-bond donors (Lipinski definition) is 1. The van der Waals surface area contributed by atoms with Gasteiger partial charge in [-0.05, 0) is 38.6 Å². The molecule has 1 unspecified atom stereocenters. The minimum absolute atomic E-state index is 0.313. The molecule has 1 saturated heterocycles. The van der Waals surface area contributed by atoms with Gasteiger partial charge in [0.1, 0.15) is 0 Å². The van der Waals surface area contributed by atoms with E-state index in [4.69, 9.17) is 0 Å². The quantitative estimate of drug-likeness (QED) is 0.783. The summed E-state index contributed by atoms with van der Waals surface area (Å²) in [5.41, 5.74) is 0. The molecule has 0 radical (unpaired) electrons. The maximum atomic E-state index is 12.8. The van der Waals surface area contributed by atoms with Gasteiger partial charge in [-0.1, -0.05) is 39.0 Å². The van der Waals surface area contributed by atoms with Gasteiger partial charge in [-0.2, -0.15) is 0 Å². The first kappa shape index (κ1) is 15.8. The summed E-state index contributed by atoms with van der Waals surface area (Å²) in [6, 6.07) is 0.532. The summed E-state index contributed by atoms with van der Waals surface area (Å²) in [7, 11) is 0. The van der Waals surface area contributed by atoms with Crippen LogP contribution in [-0.4, -0.2) is 36.5 Å². The predicted molar refractivity (Wildman–Crippen MR) is 83.7 cm³/mol. The van der Waals surface area contributed by atoms with Gasteiger partial charge in [0.25, 0.3) is 0 Å². The lowest BCUT2D eigenvalue weighted by Crippen LogP contribution is -2.47. The van der Waals surface area contributed by atoms with Crippen molar-refractivity contribution in [3.05, 3.63) is 0 Å². The number of carbonyl (C=O) groups excluding carboxylic acids is 1. The van der Waals surface area contributed by atoms with Gasteiger partial charge in [-0.3, -0.25) is 4.79 Å². The van der Waals surface area contributed by atoms with Crippen LogP contribution in [0.4, 0.5) is 0 Å². The van der Waals surface area contributed by atoms with E-state index < -0.39 is 0 Å². The van der Waals surface area contributed by atoms with Gasteiger partial charge in [-0.25, -0.2) is 0 Å². The molecule has 1 saturated carbocycles. The number of piperidine rings is 1. The molecule has 116 valence electrons. The van der Waals surface area contributed by atoms with Crippen molar-refractivity contribution in [3.63, 3.8) is 0 Å². The molecule has 2 rings (SSSR count).